The van der Waals surface area contributed by atoms with Gasteiger partial charge in [0.25, 0.3) is 0 Å². The number of benzene rings is 2. The van der Waals surface area contributed by atoms with E-state index >= 15 is 0 Å². The van der Waals surface area contributed by atoms with Gasteiger partial charge in [0.2, 0.25) is 0 Å². The molecule has 3 heteroatoms. The molecule has 2 nitrogen and oxygen atoms in total. The summed E-state index contributed by atoms with van der Waals surface area (Å²) in [6, 6.07) is 14.6. The summed E-state index contributed by atoms with van der Waals surface area (Å²) in [7, 11) is 0. The lowest BCUT2D eigenvalue weighted by atomic mass is 10.1. The van der Waals surface area contributed by atoms with Gasteiger partial charge in [0, 0.05) is 22.4 Å². The summed E-state index contributed by atoms with van der Waals surface area (Å²) >= 11 is 3.54. The molecular weight excluding hydrogens is 314 g/mol. The molecule has 0 saturated carbocycles. The van der Waals surface area contributed by atoms with Gasteiger partial charge in [-0.2, -0.15) is 0 Å². The molecule has 0 aliphatic rings. The molecule has 0 radical (unpaired) electrons. The van der Waals surface area contributed by atoms with E-state index in [2.05, 4.69) is 71.1 Å². The highest BCUT2D eigenvalue weighted by atomic mass is 79.9. The SMILES string of the molecule is CCN(c1ccc(C)cc1)c1ccc([C@H](C)O)c(Br)c1. The lowest BCUT2D eigenvalue weighted by Crippen LogP contribution is -2.16. The third kappa shape index (κ3) is 3.22. The van der Waals surface area contributed by atoms with Crippen LogP contribution in [-0.4, -0.2) is 11.7 Å². The first-order valence-corrected chi connectivity index (χ1v) is 7.64. The molecule has 2 aromatic carbocycles. The average Bonchev–Trinajstić information content (AvgIpc) is 2.41. The second kappa shape index (κ2) is 6.42. The van der Waals surface area contributed by atoms with Crippen LogP contribution >= 0.6 is 15.9 Å². The maximum absolute atomic E-state index is 9.70. The molecule has 0 saturated heterocycles. The van der Waals surface area contributed by atoms with Crippen LogP contribution in [0, 0.1) is 6.92 Å². The summed E-state index contributed by atoms with van der Waals surface area (Å²) in [6.07, 6.45) is -0.465. The van der Waals surface area contributed by atoms with Crippen LogP contribution in [0.1, 0.15) is 31.1 Å². The minimum atomic E-state index is -0.465. The molecule has 2 aromatic rings. The molecule has 0 aromatic heterocycles. The molecule has 0 heterocycles. The second-order valence-corrected chi connectivity index (χ2v) is 5.82. The highest BCUT2D eigenvalue weighted by molar-refractivity contribution is 9.10. The summed E-state index contributed by atoms with van der Waals surface area (Å²) in [5.74, 6) is 0. The van der Waals surface area contributed by atoms with E-state index in [9.17, 15) is 5.11 Å². The van der Waals surface area contributed by atoms with Crippen LogP contribution in [-0.2, 0) is 0 Å². The molecular formula is C17H20BrNO. The molecule has 0 unspecified atom stereocenters. The van der Waals surface area contributed by atoms with Crippen molar-refractivity contribution in [2.75, 3.05) is 11.4 Å². The van der Waals surface area contributed by atoms with Crippen molar-refractivity contribution in [2.45, 2.75) is 26.9 Å². The van der Waals surface area contributed by atoms with Gasteiger partial charge >= 0.3 is 0 Å². The minimum absolute atomic E-state index is 0.465. The number of hydrogen-bond acceptors (Lipinski definition) is 2. The van der Waals surface area contributed by atoms with E-state index in [0.29, 0.717) is 0 Å². The number of halogens is 1. The molecule has 0 fully saturated rings. The molecule has 2 rings (SSSR count). The lowest BCUT2D eigenvalue weighted by Gasteiger charge is -2.24. The Morgan fingerprint density at radius 2 is 1.70 bits per heavy atom. The van der Waals surface area contributed by atoms with Crippen LogP contribution in [0.15, 0.2) is 46.9 Å². The van der Waals surface area contributed by atoms with E-state index in [-0.39, 0.29) is 0 Å². The second-order valence-electron chi connectivity index (χ2n) is 4.96. The van der Waals surface area contributed by atoms with Crippen molar-refractivity contribution in [1.29, 1.82) is 0 Å². The van der Waals surface area contributed by atoms with Gasteiger partial charge in [0.05, 0.1) is 6.10 Å². The van der Waals surface area contributed by atoms with E-state index in [4.69, 9.17) is 0 Å². The summed E-state index contributed by atoms with van der Waals surface area (Å²) < 4.78 is 0.940. The van der Waals surface area contributed by atoms with Crippen LogP contribution in [0.25, 0.3) is 0 Å². The number of aliphatic hydroxyl groups is 1. The van der Waals surface area contributed by atoms with Crippen LogP contribution < -0.4 is 4.90 Å². The number of anilines is 2. The fourth-order valence-electron chi connectivity index (χ4n) is 2.26. The Bertz CT molecular complexity index is 578. The first kappa shape index (κ1) is 15.1. The predicted octanol–water partition coefficient (Wildman–Crippen LogP) is 4.97. The van der Waals surface area contributed by atoms with Gasteiger partial charge in [-0.3, -0.25) is 0 Å². The maximum atomic E-state index is 9.70. The highest BCUT2D eigenvalue weighted by Crippen LogP contribution is 2.31. The number of aryl methyl sites for hydroxylation is 1. The molecule has 0 bridgehead atoms. The Labute approximate surface area is 129 Å². The number of hydrogen-bond donors (Lipinski definition) is 1. The Morgan fingerprint density at radius 3 is 2.20 bits per heavy atom. The summed E-state index contributed by atoms with van der Waals surface area (Å²) in [6.45, 7) is 6.89. The van der Waals surface area contributed by atoms with Crippen LogP contribution in [0.5, 0.6) is 0 Å². The first-order valence-electron chi connectivity index (χ1n) is 6.84. The maximum Gasteiger partial charge on any atom is 0.0772 e. The Morgan fingerprint density at radius 1 is 1.10 bits per heavy atom. The Balaban J connectivity index is 2.37. The fourth-order valence-corrected chi connectivity index (χ4v) is 2.96. The lowest BCUT2D eigenvalue weighted by molar-refractivity contribution is 0.198. The zero-order valence-electron chi connectivity index (χ0n) is 12.1. The van der Waals surface area contributed by atoms with Crippen molar-refractivity contribution in [1.82, 2.24) is 0 Å². The largest absolute Gasteiger partial charge is 0.389 e. The van der Waals surface area contributed by atoms with E-state index in [0.717, 1.165) is 22.3 Å². The van der Waals surface area contributed by atoms with Crippen molar-refractivity contribution in [2.24, 2.45) is 0 Å². The van der Waals surface area contributed by atoms with Gasteiger partial charge in [-0.1, -0.05) is 39.7 Å². The average molecular weight is 334 g/mol. The topological polar surface area (TPSA) is 23.5 Å². The van der Waals surface area contributed by atoms with Crippen molar-refractivity contribution >= 4 is 27.3 Å². The molecule has 0 spiro atoms. The van der Waals surface area contributed by atoms with E-state index in [1.54, 1.807) is 6.92 Å². The van der Waals surface area contributed by atoms with Crippen molar-refractivity contribution in [3.05, 3.63) is 58.1 Å². The predicted molar refractivity (Wildman–Crippen MR) is 88.6 cm³/mol. The summed E-state index contributed by atoms with van der Waals surface area (Å²) in [4.78, 5) is 2.25. The summed E-state index contributed by atoms with van der Waals surface area (Å²) in [5, 5.41) is 9.70. The summed E-state index contributed by atoms with van der Waals surface area (Å²) in [5.41, 5.74) is 4.46. The van der Waals surface area contributed by atoms with Gasteiger partial charge in [-0.25, -0.2) is 0 Å². The highest BCUT2D eigenvalue weighted by Gasteiger charge is 2.11. The Kier molecular flexibility index (Phi) is 4.84. The smallest absolute Gasteiger partial charge is 0.0772 e. The third-order valence-corrected chi connectivity index (χ3v) is 4.09. The van der Waals surface area contributed by atoms with Crippen LogP contribution in [0.4, 0.5) is 11.4 Å². The van der Waals surface area contributed by atoms with Crippen molar-refractivity contribution < 1.29 is 5.11 Å². The van der Waals surface area contributed by atoms with Gasteiger partial charge in [0.1, 0.15) is 0 Å². The zero-order chi connectivity index (χ0) is 14.7. The van der Waals surface area contributed by atoms with Crippen molar-refractivity contribution in [3.63, 3.8) is 0 Å². The van der Waals surface area contributed by atoms with Gasteiger partial charge < -0.3 is 10.0 Å². The molecule has 0 amide bonds. The van der Waals surface area contributed by atoms with Gasteiger partial charge in [0.15, 0.2) is 0 Å². The first-order chi connectivity index (χ1) is 9.52. The van der Waals surface area contributed by atoms with Gasteiger partial charge in [-0.05, 0) is 50.6 Å². The zero-order valence-corrected chi connectivity index (χ0v) is 13.7. The number of nitrogens with zero attached hydrogens (tertiary/aromatic N) is 1. The van der Waals surface area contributed by atoms with Crippen LogP contribution in [0.2, 0.25) is 0 Å². The standard InChI is InChI=1S/C17H20BrNO/c1-4-19(14-7-5-12(2)6-8-14)15-9-10-16(13(3)20)17(18)11-15/h5-11,13,20H,4H2,1-3H3/t13-/m0/s1. The fraction of sp³-hybridized carbons (Fsp3) is 0.294. The molecule has 0 aliphatic carbocycles. The van der Waals surface area contributed by atoms with Crippen LogP contribution in [0.3, 0.4) is 0 Å². The molecule has 106 valence electrons. The molecule has 20 heavy (non-hydrogen) atoms. The van der Waals surface area contributed by atoms with E-state index in [1.165, 1.54) is 11.3 Å². The van der Waals surface area contributed by atoms with Crippen molar-refractivity contribution in [3.8, 4) is 0 Å². The van der Waals surface area contributed by atoms with E-state index in [1.807, 2.05) is 6.07 Å². The molecule has 0 aliphatic heterocycles. The quantitative estimate of drug-likeness (QED) is 0.853. The monoisotopic (exact) mass is 333 g/mol. The molecule has 1 atom stereocenters. The van der Waals surface area contributed by atoms with E-state index < -0.39 is 6.10 Å². The normalized spacial score (nSPS) is 12.2. The number of rotatable bonds is 4. The third-order valence-electron chi connectivity index (χ3n) is 3.41. The van der Waals surface area contributed by atoms with Gasteiger partial charge in [-0.15, -0.1) is 0 Å². The minimum Gasteiger partial charge on any atom is -0.389 e. The molecule has 1 N–H and O–H groups in total. The number of aliphatic hydroxyl groups excluding tert-OH is 1. The Hall–Kier alpha value is -1.32.